The molecule has 15 heavy (non-hydrogen) atoms. The van der Waals surface area contributed by atoms with Crippen LogP contribution in [0.4, 0.5) is 5.69 Å². The minimum Gasteiger partial charge on any atom is -0.382 e. The molecule has 2 heteroatoms. The van der Waals surface area contributed by atoms with Crippen LogP contribution in [0.25, 0.3) is 0 Å². The lowest BCUT2D eigenvalue weighted by Crippen LogP contribution is -2.26. The molecule has 0 aromatic heterocycles. The van der Waals surface area contributed by atoms with Crippen LogP contribution in [0, 0.1) is 6.92 Å². The fraction of sp³-hybridized carbons (Fsp3) is 0.538. The van der Waals surface area contributed by atoms with Gasteiger partial charge in [-0.1, -0.05) is 17.7 Å². The fourth-order valence-corrected chi connectivity index (χ4v) is 2.21. The summed E-state index contributed by atoms with van der Waals surface area (Å²) in [5, 5.41) is 3.50. The number of rotatable bonds is 2. The van der Waals surface area contributed by atoms with Crippen LogP contribution in [-0.2, 0) is 4.74 Å². The second kappa shape index (κ2) is 4.23. The molecule has 0 spiro atoms. The third kappa shape index (κ3) is 2.15. The van der Waals surface area contributed by atoms with E-state index in [-0.39, 0.29) is 6.10 Å². The van der Waals surface area contributed by atoms with Gasteiger partial charge in [0, 0.05) is 23.9 Å². The molecule has 1 N–H and O–H groups in total. The molecule has 1 aromatic rings. The van der Waals surface area contributed by atoms with Gasteiger partial charge in [-0.2, -0.15) is 0 Å². The van der Waals surface area contributed by atoms with E-state index in [9.17, 15) is 0 Å². The Morgan fingerprint density at radius 3 is 3.00 bits per heavy atom. The molecule has 0 saturated carbocycles. The lowest BCUT2D eigenvalue weighted by atomic mass is 9.94. The average Bonchev–Trinajstić information content (AvgIpc) is 2.19. The van der Waals surface area contributed by atoms with Crippen LogP contribution in [0.3, 0.4) is 0 Å². The summed E-state index contributed by atoms with van der Waals surface area (Å²) >= 11 is 0. The Morgan fingerprint density at radius 1 is 1.47 bits per heavy atom. The summed E-state index contributed by atoms with van der Waals surface area (Å²) in [5.41, 5.74) is 3.85. The summed E-state index contributed by atoms with van der Waals surface area (Å²) in [6.07, 6.45) is 1.32. The van der Waals surface area contributed by atoms with E-state index in [2.05, 4.69) is 44.3 Å². The Labute approximate surface area is 91.6 Å². The summed E-state index contributed by atoms with van der Waals surface area (Å²) in [4.78, 5) is 0. The van der Waals surface area contributed by atoms with Gasteiger partial charge in [-0.05, 0) is 33.3 Å². The van der Waals surface area contributed by atoms with Gasteiger partial charge in [0.1, 0.15) is 0 Å². The number of aryl methyl sites for hydroxylation is 1. The summed E-state index contributed by atoms with van der Waals surface area (Å²) in [6.45, 7) is 7.17. The highest BCUT2D eigenvalue weighted by Crippen LogP contribution is 2.35. The third-order valence-corrected chi connectivity index (χ3v) is 2.89. The van der Waals surface area contributed by atoms with E-state index in [1.807, 2.05) is 0 Å². The van der Waals surface area contributed by atoms with Gasteiger partial charge < -0.3 is 10.1 Å². The first-order chi connectivity index (χ1) is 7.20. The zero-order chi connectivity index (χ0) is 10.8. The Morgan fingerprint density at radius 2 is 2.27 bits per heavy atom. The minimum atomic E-state index is 0.265. The van der Waals surface area contributed by atoms with Crippen molar-refractivity contribution in [2.45, 2.75) is 39.3 Å². The number of hydrogen-bond donors (Lipinski definition) is 1. The smallest absolute Gasteiger partial charge is 0.0864 e. The van der Waals surface area contributed by atoms with E-state index < -0.39 is 0 Å². The normalized spacial score (nSPS) is 24.5. The topological polar surface area (TPSA) is 21.3 Å². The van der Waals surface area contributed by atoms with Gasteiger partial charge in [-0.15, -0.1) is 0 Å². The quantitative estimate of drug-likeness (QED) is 0.800. The highest BCUT2D eigenvalue weighted by Gasteiger charge is 2.24. The predicted octanol–water partition coefficient (Wildman–Crippen LogP) is 3.28. The molecule has 82 valence electrons. The molecule has 1 aliphatic rings. The number of fused-ring (bicyclic) bond motifs is 1. The van der Waals surface area contributed by atoms with E-state index in [0.717, 1.165) is 13.0 Å². The van der Waals surface area contributed by atoms with Crippen molar-refractivity contribution in [3.05, 3.63) is 29.3 Å². The highest BCUT2D eigenvalue weighted by molar-refractivity contribution is 5.56. The SMILES string of the molecule is CCO[C@H]1C[C@@H](C)Nc2ccc(C)cc21. The molecule has 2 nitrogen and oxygen atoms in total. The van der Waals surface area contributed by atoms with E-state index in [0.29, 0.717) is 6.04 Å². The van der Waals surface area contributed by atoms with Gasteiger partial charge in [0.25, 0.3) is 0 Å². The van der Waals surface area contributed by atoms with Crippen LogP contribution in [-0.4, -0.2) is 12.6 Å². The molecular formula is C13H19NO. The fourth-order valence-electron chi connectivity index (χ4n) is 2.21. The van der Waals surface area contributed by atoms with Gasteiger partial charge in [-0.25, -0.2) is 0 Å². The van der Waals surface area contributed by atoms with E-state index in [1.165, 1.54) is 16.8 Å². The van der Waals surface area contributed by atoms with Crippen LogP contribution in [0.15, 0.2) is 18.2 Å². The van der Waals surface area contributed by atoms with Crippen LogP contribution < -0.4 is 5.32 Å². The maximum atomic E-state index is 5.79. The summed E-state index contributed by atoms with van der Waals surface area (Å²) in [6, 6.07) is 7.03. The second-order valence-corrected chi connectivity index (χ2v) is 4.32. The third-order valence-electron chi connectivity index (χ3n) is 2.89. The van der Waals surface area contributed by atoms with E-state index in [4.69, 9.17) is 4.74 Å². The van der Waals surface area contributed by atoms with Crippen molar-refractivity contribution in [1.29, 1.82) is 0 Å². The van der Waals surface area contributed by atoms with Crippen molar-refractivity contribution in [2.75, 3.05) is 11.9 Å². The zero-order valence-electron chi connectivity index (χ0n) is 9.71. The average molecular weight is 205 g/mol. The number of ether oxygens (including phenoxy) is 1. The molecule has 2 rings (SSSR count). The van der Waals surface area contributed by atoms with Crippen LogP contribution >= 0.6 is 0 Å². The zero-order valence-corrected chi connectivity index (χ0v) is 9.71. The standard InChI is InChI=1S/C13H19NO/c1-4-15-13-8-10(3)14-12-6-5-9(2)7-11(12)13/h5-7,10,13-14H,4,8H2,1-3H3/t10-,13+/m1/s1. The Hall–Kier alpha value is -1.02. The number of hydrogen-bond acceptors (Lipinski definition) is 2. The Bertz CT molecular complexity index is 348. The highest BCUT2D eigenvalue weighted by atomic mass is 16.5. The molecule has 0 bridgehead atoms. The monoisotopic (exact) mass is 205 g/mol. The first-order valence-corrected chi connectivity index (χ1v) is 5.69. The maximum Gasteiger partial charge on any atom is 0.0864 e. The summed E-state index contributed by atoms with van der Waals surface area (Å²) in [7, 11) is 0. The van der Waals surface area contributed by atoms with Gasteiger partial charge in [0.05, 0.1) is 6.10 Å². The lowest BCUT2D eigenvalue weighted by Gasteiger charge is -2.31. The van der Waals surface area contributed by atoms with Crippen molar-refractivity contribution in [2.24, 2.45) is 0 Å². The molecule has 0 saturated heterocycles. The van der Waals surface area contributed by atoms with Crippen molar-refractivity contribution >= 4 is 5.69 Å². The maximum absolute atomic E-state index is 5.79. The van der Waals surface area contributed by atoms with E-state index in [1.54, 1.807) is 0 Å². The van der Waals surface area contributed by atoms with Crippen LogP contribution in [0.2, 0.25) is 0 Å². The first-order valence-electron chi connectivity index (χ1n) is 5.69. The molecular weight excluding hydrogens is 186 g/mol. The van der Waals surface area contributed by atoms with Crippen molar-refractivity contribution in [3.8, 4) is 0 Å². The second-order valence-electron chi connectivity index (χ2n) is 4.32. The Kier molecular flexibility index (Phi) is 2.96. The first kappa shape index (κ1) is 10.5. The molecule has 0 aliphatic carbocycles. The number of nitrogens with one attached hydrogen (secondary N) is 1. The van der Waals surface area contributed by atoms with Crippen molar-refractivity contribution in [1.82, 2.24) is 0 Å². The summed E-state index contributed by atoms with van der Waals surface area (Å²) < 4.78 is 5.79. The van der Waals surface area contributed by atoms with Gasteiger partial charge >= 0.3 is 0 Å². The lowest BCUT2D eigenvalue weighted by molar-refractivity contribution is 0.0512. The van der Waals surface area contributed by atoms with Gasteiger partial charge in [-0.3, -0.25) is 0 Å². The van der Waals surface area contributed by atoms with Gasteiger partial charge in [0.2, 0.25) is 0 Å². The molecule has 1 aliphatic heterocycles. The van der Waals surface area contributed by atoms with Gasteiger partial charge in [0.15, 0.2) is 0 Å². The molecule has 1 aromatic carbocycles. The number of anilines is 1. The number of benzene rings is 1. The predicted molar refractivity (Wildman–Crippen MR) is 63.2 cm³/mol. The Balaban J connectivity index is 2.34. The molecule has 0 radical (unpaired) electrons. The van der Waals surface area contributed by atoms with Crippen LogP contribution in [0.1, 0.15) is 37.5 Å². The van der Waals surface area contributed by atoms with Crippen molar-refractivity contribution < 1.29 is 4.74 Å². The van der Waals surface area contributed by atoms with E-state index >= 15 is 0 Å². The minimum absolute atomic E-state index is 0.265. The van der Waals surface area contributed by atoms with Crippen molar-refractivity contribution in [3.63, 3.8) is 0 Å². The van der Waals surface area contributed by atoms with Crippen LogP contribution in [0.5, 0.6) is 0 Å². The molecule has 0 fully saturated rings. The molecule has 0 unspecified atom stereocenters. The largest absolute Gasteiger partial charge is 0.382 e. The summed E-state index contributed by atoms with van der Waals surface area (Å²) in [5.74, 6) is 0. The molecule has 1 heterocycles. The molecule has 0 amide bonds. The molecule has 2 atom stereocenters.